The van der Waals surface area contributed by atoms with Gasteiger partial charge in [-0.15, -0.1) is 0 Å². The molecule has 178 valence electrons. The van der Waals surface area contributed by atoms with Gasteiger partial charge in [0.25, 0.3) is 0 Å². The number of imidazole rings is 1. The molecule has 0 bridgehead atoms. The molecule has 3 heterocycles. The van der Waals surface area contributed by atoms with Gasteiger partial charge in [-0.25, -0.2) is 9.59 Å². The van der Waals surface area contributed by atoms with E-state index in [-0.39, 0.29) is 17.4 Å². The maximum absolute atomic E-state index is 12.5. The van der Waals surface area contributed by atoms with Crippen LogP contribution in [0.25, 0.3) is 22.0 Å². The van der Waals surface area contributed by atoms with Gasteiger partial charge in [0.05, 0.1) is 17.6 Å². The molecule has 2 aromatic heterocycles. The van der Waals surface area contributed by atoms with Gasteiger partial charge in [0.1, 0.15) is 17.9 Å². The number of hydrogen-bond acceptors (Lipinski definition) is 5. The lowest BCUT2D eigenvalue weighted by Gasteiger charge is -2.31. The summed E-state index contributed by atoms with van der Waals surface area (Å²) in [4.78, 5) is 29.1. The van der Waals surface area contributed by atoms with Crippen LogP contribution in [0.15, 0.2) is 80.3 Å². The number of likely N-dealkylation sites (tertiary alicyclic amines) is 1. The van der Waals surface area contributed by atoms with Crippen molar-refractivity contribution in [2.24, 2.45) is 0 Å². The number of piperidine rings is 1. The lowest BCUT2D eigenvalue weighted by atomic mass is 10.0. The molecule has 2 aromatic carbocycles. The highest BCUT2D eigenvalue weighted by Crippen LogP contribution is 2.24. The number of hydrogen-bond donors (Lipinski definition) is 1. The Morgan fingerprint density at radius 3 is 2.80 bits per heavy atom. The number of nitrogens with zero attached hydrogens (tertiary/aromatic N) is 2. The van der Waals surface area contributed by atoms with E-state index in [1.807, 2.05) is 54.0 Å². The zero-order chi connectivity index (χ0) is 24.2. The van der Waals surface area contributed by atoms with Gasteiger partial charge in [0, 0.05) is 36.7 Å². The Morgan fingerprint density at radius 2 is 1.94 bits per heavy atom. The Morgan fingerprint density at radius 1 is 1.14 bits per heavy atom. The number of para-hydroxylation sites is 2. The van der Waals surface area contributed by atoms with Crippen LogP contribution in [0.4, 0.5) is 0 Å². The van der Waals surface area contributed by atoms with Crippen LogP contribution in [0.3, 0.4) is 0 Å². The van der Waals surface area contributed by atoms with E-state index in [0.29, 0.717) is 24.5 Å². The van der Waals surface area contributed by atoms with E-state index in [1.54, 1.807) is 12.1 Å². The van der Waals surface area contributed by atoms with Gasteiger partial charge >= 0.3 is 11.3 Å². The molecule has 0 spiro atoms. The van der Waals surface area contributed by atoms with E-state index < -0.39 is 0 Å². The maximum Gasteiger partial charge on any atom is 0.336 e. The SMILES string of the molecule is C/C(C#CCN1CCC(n2c(=O)[nH]c3ccccc32)CC1)=C\COc1ccc2ccc(=O)oc2c1. The summed E-state index contributed by atoms with van der Waals surface area (Å²) in [6, 6.07) is 16.6. The van der Waals surface area contributed by atoms with E-state index >= 15 is 0 Å². The molecule has 0 unspecified atom stereocenters. The topological polar surface area (TPSA) is 80.5 Å². The van der Waals surface area contributed by atoms with Gasteiger partial charge in [-0.3, -0.25) is 9.47 Å². The maximum atomic E-state index is 12.5. The van der Waals surface area contributed by atoms with Crippen LogP contribution in [0, 0.1) is 11.8 Å². The molecule has 1 aliphatic heterocycles. The quantitative estimate of drug-likeness (QED) is 0.352. The van der Waals surface area contributed by atoms with Gasteiger partial charge < -0.3 is 14.1 Å². The van der Waals surface area contributed by atoms with Crippen LogP contribution in [0.5, 0.6) is 5.75 Å². The van der Waals surface area contributed by atoms with Gasteiger partial charge in [0.2, 0.25) is 0 Å². The van der Waals surface area contributed by atoms with E-state index in [0.717, 1.165) is 47.9 Å². The zero-order valence-corrected chi connectivity index (χ0v) is 19.6. The number of aromatic nitrogens is 2. The van der Waals surface area contributed by atoms with Crippen LogP contribution < -0.4 is 16.1 Å². The van der Waals surface area contributed by atoms with Gasteiger partial charge in [-0.1, -0.05) is 24.0 Å². The van der Waals surface area contributed by atoms with Crippen molar-refractivity contribution in [3.63, 3.8) is 0 Å². The van der Waals surface area contributed by atoms with Crippen molar-refractivity contribution in [1.29, 1.82) is 0 Å². The first-order valence-corrected chi connectivity index (χ1v) is 11.8. The smallest absolute Gasteiger partial charge is 0.336 e. The summed E-state index contributed by atoms with van der Waals surface area (Å²) in [6.45, 7) is 4.87. The molecular formula is C28H27N3O4. The minimum Gasteiger partial charge on any atom is -0.489 e. The summed E-state index contributed by atoms with van der Waals surface area (Å²) < 4.78 is 12.9. The summed E-state index contributed by atoms with van der Waals surface area (Å²) in [5.74, 6) is 7.09. The molecule has 0 amide bonds. The van der Waals surface area contributed by atoms with Gasteiger partial charge in [-0.2, -0.15) is 0 Å². The molecule has 35 heavy (non-hydrogen) atoms. The predicted octanol–water partition coefficient (Wildman–Crippen LogP) is 4.10. The highest BCUT2D eigenvalue weighted by molar-refractivity contribution is 5.77. The number of fused-ring (bicyclic) bond motifs is 2. The lowest BCUT2D eigenvalue weighted by Crippen LogP contribution is -2.37. The molecule has 1 aliphatic rings. The highest BCUT2D eigenvalue weighted by Gasteiger charge is 2.22. The Kier molecular flexibility index (Phi) is 6.55. The molecule has 0 radical (unpaired) electrons. The Bertz CT molecular complexity index is 1560. The van der Waals surface area contributed by atoms with Crippen LogP contribution in [-0.4, -0.2) is 40.7 Å². The van der Waals surface area contributed by atoms with Crippen LogP contribution >= 0.6 is 0 Å². The van der Waals surface area contributed by atoms with Crippen molar-refractivity contribution in [3.05, 3.63) is 87.2 Å². The van der Waals surface area contributed by atoms with Crippen molar-refractivity contribution in [2.75, 3.05) is 26.2 Å². The van der Waals surface area contributed by atoms with Gasteiger partial charge in [-0.05, 0) is 61.7 Å². The first-order valence-electron chi connectivity index (χ1n) is 11.8. The number of nitrogens with one attached hydrogen (secondary N) is 1. The Hall–Kier alpha value is -4.02. The average molecular weight is 470 g/mol. The first kappa shape index (κ1) is 22.8. The second-order valence-electron chi connectivity index (χ2n) is 8.78. The Labute approximate surface area is 202 Å². The molecule has 0 aliphatic carbocycles. The second kappa shape index (κ2) is 10.1. The summed E-state index contributed by atoms with van der Waals surface area (Å²) in [5, 5.41) is 0.854. The van der Waals surface area contributed by atoms with E-state index in [9.17, 15) is 9.59 Å². The largest absolute Gasteiger partial charge is 0.489 e. The number of allylic oxidation sites excluding steroid dienone is 1. The summed E-state index contributed by atoms with van der Waals surface area (Å²) >= 11 is 0. The number of rotatable bonds is 5. The number of aromatic amines is 1. The second-order valence-corrected chi connectivity index (χ2v) is 8.78. The molecule has 1 saturated heterocycles. The minimum atomic E-state index is -0.378. The summed E-state index contributed by atoms with van der Waals surface area (Å²) in [6.07, 6.45) is 3.80. The molecule has 1 N–H and O–H groups in total. The molecule has 1 fully saturated rings. The van der Waals surface area contributed by atoms with Gasteiger partial charge in [0.15, 0.2) is 0 Å². The Balaban J connectivity index is 1.11. The van der Waals surface area contributed by atoms with E-state index in [4.69, 9.17) is 9.15 Å². The fraction of sp³-hybridized carbons (Fsp3) is 0.286. The predicted molar refractivity (Wildman–Crippen MR) is 137 cm³/mol. The molecule has 0 saturated carbocycles. The third kappa shape index (κ3) is 5.23. The number of ether oxygens (including phenoxy) is 1. The van der Waals surface area contributed by atoms with Crippen LogP contribution in [-0.2, 0) is 0 Å². The molecule has 5 rings (SSSR count). The van der Waals surface area contributed by atoms with Crippen LogP contribution in [0.2, 0.25) is 0 Å². The summed E-state index contributed by atoms with van der Waals surface area (Å²) in [7, 11) is 0. The third-order valence-corrected chi connectivity index (χ3v) is 6.37. The summed E-state index contributed by atoms with van der Waals surface area (Å²) in [5.41, 5.74) is 2.92. The third-order valence-electron chi connectivity index (χ3n) is 6.37. The monoisotopic (exact) mass is 469 g/mol. The van der Waals surface area contributed by atoms with Crippen LogP contribution in [0.1, 0.15) is 25.8 Å². The van der Waals surface area contributed by atoms with Crippen molar-refractivity contribution in [2.45, 2.75) is 25.8 Å². The van der Waals surface area contributed by atoms with Crippen molar-refractivity contribution in [1.82, 2.24) is 14.5 Å². The number of benzene rings is 2. The fourth-order valence-corrected chi connectivity index (χ4v) is 4.51. The van der Waals surface area contributed by atoms with Crippen molar-refractivity contribution in [3.8, 4) is 17.6 Å². The molecule has 0 atom stereocenters. The first-order chi connectivity index (χ1) is 17.1. The van der Waals surface area contributed by atoms with E-state index in [2.05, 4.69) is 21.7 Å². The highest BCUT2D eigenvalue weighted by atomic mass is 16.5. The average Bonchev–Trinajstić information content (AvgIpc) is 3.20. The standard InChI is InChI=1S/C28H27N3O4/c1-20(14-18-34-23-10-8-21-9-11-27(32)35-26(21)19-23)5-4-15-30-16-12-22(13-17-30)31-25-7-3-2-6-24(25)29-28(31)33/h2-3,6-11,14,19,22H,12-13,15-18H2,1H3,(H,29,33)/b20-14+. The number of H-pyrrole nitrogens is 1. The lowest BCUT2D eigenvalue weighted by molar-refractivity contribution is 0.206. The van der Waals surface area contributed by atoms with E-state index in [1.165, 1.54) is 6.07 Å². The minimum absolute atomic E-state index is 0.0272. The fourth-order valence-electron chi connectivity index (χ4n) is 4.51. The molecule has 7 heteroatoms. The van der Waals surface area contributed by atoms with Crippen molar-refractivity contribution >= 4 is 22.0 Å². The van der Waals surface area contributed by atoms with Crippen molar-refractivity contribution < 1.29 is 9.15 Å². The zero-order valence-electron chi connectivity index (χ0n) is 19.6. The molecular weight excluding hydrogens is 442 g/mol. The normalized spacial score (nSPS) is 15.3. The molecule has 4 aromatic rings. The molecule has 7 nitrogen and oxygen atoms in total.